The van der Waals surface area contributed by atoms with E-state index in [1.54, 1.807) is 6.08 Å². The zero-order valence-corrected chi connectivity index (χ0v) is 8.27. The maximum absolute atomic E-state index is 11.4. The van der Waals surface area contributed by atoms with E-state index in [1.165, 1.54) is 11.1 Å². The van der Waals surface area contributed by atoms with Crippen LogP contribution < -0.4 is 0 Å². The van der Waals surface area contributed by atoms with Crippen LogP contribution in [0.3, 0.4) is 0 Å². The third-order valence-electron chi connectivity index (χ3n) is 2.10. The SMILES string of the molecule is CC(C)=CC1=CC(=O)C(C)(C)C1. The Bertz CT molecular complexity index is 263. The average Bonchev–Trinajstić information content (AvgIpc) is 2.04. The molecule has 1 nitrogen and oxygen atoms in total. The van der Waals surface area contributed by atoms with E-state index >= 15 is 0 Å². The second-order valence-electron chi connectivity index (χ2n) is 4.37. The summed E-state index contributed by atoms with van der Waals surface area (Å²) in [5.74, 6) is 0.259. The summed E-state index contributed by atoms with van der Waals surface area (Å²) < 4.78 is 0. The number of allylic oxidation sites excluding steroid dienone is 4. The first-order valence-corrected chi connectivity index (χ1v) is 4.32. The van der Waals surface area contributed by atoms with Crippen LogP contribution in [0.5, 0.6) is 0 Å². The Labute approximate surface area is 74.2 Å². The smallest absolute Gasteiger partial charge is 0.161 e. The minimum absolute atomic E-state index is 0.165. The second kappa shape index (κ2) is 2.89. The Kier molecular flexibility index (Phi) is 2.22. The number of rotatable bonds is 1. The van der Waals surface area contributed by atoms with Crippen molar-refractivity contribution < 1.29 is 4.79 Å². The molecule has 0 aromatic heterocycles. The van der Waals surface area contributed by atoms with E-state index < -0.39 is 0 Å². The van der Waals surface area contributed by atoms with Crippen molar-refractivity contribution in [3.63, 3.8) is 0 Å². The lowest BCUT2D eigenvalue weighted by atomic mass is 9.88. The van der Waals surface area contributed by atoms with Crippen LogP contribution in [0.2, 0.25) is 0 Å². The maximum atomic E-state index is 11.4. The molecule has 0 unspecified atom stereocenters. The van der Waals surface area contributed by atoms with Gasteiger partial charge >= 0.3 is 0 Å². The van der Waals surface area contributed by atoms with E-state index in [9.17, 15) is 4.79 Å². The summed E-state index contributed by atoms with van der Waals surface area (Å²) >= 11 is 0. The van der Waals surface area contributed by atoms with Gasteiger partial charge in [0.1, 0.15) is 0 Å². The van der Waals surface area contributed by atoms with Crippen molar-refractivity contribution in [1.29, 1.82) is 0 Å². The van der Waals surface area contributed by atoms with Gasteiger partial charge in [0, 0.05) is 5.41 Å². The van der Waals surface area contributed by atoms with Gasteiger partial charge in [0.25, 0.3) is 0 Å². The van der Waals surface area contributed by atoms with Gasteiger partial charge in [-0.1, -0.05) is 25.5 Å². The Balaban J connectivity index is 2.82. The van der Waals surface area contributed by atoms with Crippen LogP contribution in [0, 0.1) is 5.41 Å². The van der Waals surface area contributed by atoms with E-state index in [2.05, 4.69) is 19.9 Å². The maximum Gasteiger partial charge on any atom is 0.161 e. The van der Waals surface area contributed by atoms with E-state index in [1.807, 2.05) is 13.8 Å². The average molecular weight is 164 g/mol. The summed E-state index contributed by atoms with van der Waals surface area (Å²) in [5, 5.41) is 0. The Hall–Kier alpha value is -0.850. The minimum atomic E-state index is -0.165. The van der Waals surface area contributed by atoms with Gasteiger partial charge in [-0.15, -0.1) is 0 Å². The normalized spacial score (nSPS) is 20.7. The Morgan fingerprint density at radius 2 is 2.08 bits per heavy atom. The molecule has 0 aliphatic heterocycles. The van der Waals surface area contributed by atoms with Crippen molar-refractivity contribution in [2.24, 2.45) is 5.41 Å². The predicted octanol–water partition coefficient (Wildman–Crippen LogP) is 2.88. The topological polar surface area (TPSA) is 17.1 Å². The summed E-state index contributed by atoms with van der Waals surface area (Å²) in [7, 11) is 0. The molecule has 0 heterocycles. The van der Waals surface area contributed by atoms with E-state index in [0.717, 1.165) is 6.42 Å². The molecule has 1 aliphatic carbocycles. The first kappa shape index (κ1) is 9.24. The fraction of sp³-hybridized carbons (Fsp3) is 0.545. The van der Waals surface area contributed by atoms with Crippen LogP contribution in [0.25, 0.3) is 0 Å². The van der Waals surface area contributed by atoms with E-state index in [-0.39, 0.29) is 11.2 Å². The van der Waals surface area contributed by atoms with Gasteiger partial charge in [0.15, 0.2) is 5.78 Å². The molecule has 0 spiro atoms. The van der Waals surface area contributed by atoms with Crippen molar-refractivity contribution in [3.05, 3.63) is 23.3 Å². The molecular formula is C11H16O. The van der Waals surface area contributed by atoms with Gasteiger partial charge in [-0.05, 0) is 31.9 Å². The van der Waals surface area contributed by atoms with Crippen LogP contribution in [0.1, 0.15) is 34.1 Å². The third-order valence-corrected chi connectivity index (χ3v) is 2.10. The van der Waals surface area contributed by atoms with Crippen LogP contribution in [0.4, 0.5) is 0 Å². The fourth-order valence-corrected chi connectivity index (χ4v) is 1.48. The molecule has 0 N–H and O–H groups in total. The predicted molar refractivity (Wildman–Crippen MR) is 50.9 cm³/mol. The van der Waals surface area contributed by atoms with Crippen LogP contribution in [0.15, 0.2) is 23.3 Å². The molecule has 1 heteroatoms. The quantitative estimate of drug-likeness (QED) is 0.582. The Morgan fingerprint density at radius 1 is 1.50 bits per heavy atom. The monoisotopic (exact) mass is 164 g/mol. The highest BCUT2D eigenvalue weighted by Gasteiger charge is 2.31. The van der Waals surface area contributed by atoms with Crippen molar-refractivity contribution in [2.75, 3.05) is 0 Å². The van der Waals surface area contributed by atoms with Crippen LogP contribution in [-0.4, -0.2) is 5.78 Å². The van der Waals surface area contributed by atoms with Gasteiger partial charge in [-0.3, -0.25) is 4.79 Å². The molecule has 66 valence electrons. The molecule has 12 heavy (non-hydrogen) atoms. The highest BCUT2D eigenvalue weighted by Crippen LogP contribution is 2.34. The van der Waals surface area contributed by atoms with Gasteiger partial charge in [-0.25, -0.2) is 0 Å². The van der Waals surface area contributed by atoms with E-state index in [4.69, 9.17) is 0 Å². The highest BCUT2D eigenvalue weighted by atomic mass is 16.1. The molecule has 0 aromatic carbocycles. The first-order chi connectivity index (χ1) is 5.42. The molecule has 1 rings (SSSR count). The second-order valence-corrected chi connectivity index (χ2v) is 4.37. The molecule has 0 radical (unpaired) electrons. The highest BCUT2D eigenvalue weighted by molar-refractivity contribution is 5.98. The fourth-order valence-electron chi connectivity index (χ4n) is 1.48. The molecule has 0 amide bonds. The van der Waals surface area contributed by atoms with Gasteiger partial charge in [0.05, 0.1) is 0 Å². The molecule has 1 aliphatic rings. The summed E-state index contributed by atoms with van der Waals surface area (Å²) in [6.07, 6.45) is 4.75. The van der Waals surface area contributed by atoms with Gasteiger partial charge in [0.2, 0.25) is 0 Å². The van der Waals surface area contributed by atoms with Gasteiger partial charge < -0.3 is 0 Å². The largest absolute Gasteiger partial charge is 0.294 e. The lowest BCUT2D eigenvalue weighted by molar-refractivity contribution is -0.121. The lowest BCUT2D eigenvalue weighted by Crippen LogP contribution is -2.16. The van der Waals surface area contributed by atoms with Crippen LogP contribution >= 0.6 is 0 Å². The lowest BCUT2D eigenvalue weighted by Gasteiger charge is -2.14. The number of carbonyl (C=O) groups is 1. The van der Waals surface area contributed by atoms with Crippen molar-refractivity contribution in [2.45, 2.75) is 34.1 Å². The minimum Gasteiger partial charge on any atom is -0.294 e. The van der Waals surface area contributed by atoms with Crippen molar-refractivity contribution >= 4 is 5.78 Å². The number of hydrogen-bond acceptors (Lipinski definition) is 1. The zero-order chi connectivity index (χ0) is 9.35. The summed E-state index contributed by atoms with van der Waals surface area (Å²) in [6, 6.07) is 0. The first-order valence-electron chi connectivity index (χ1n) is 4.32. The molecule has 0 saturated carbocycles. The Morgan fingerprint density at radius 3 is 2.42 bits per heavy atom. The zero-order valence-electron chi connectivity index (χ0n) is 8.27. The molecule has 0 saturated heterocycles. The van der Waals surface area contributed by atoms with Crippen molar-refractivity contribution in [3.8, 4) is 0 Å². The molecule has 0 bridgehead atoms. The number of hydrogen-bond donors (Lipinski definition) is 0. The number of ketones is 1. The van der Waals surface area contributed by atoms with Crippen molar-refractivity contribution in [1.82, 2.24) is 0 Å². The third kappa shape index (κ3) is 1.84. The molecule has 0 atom stereocenters. The number of carbonyl (C=O) groups excluding carboxylic acids is 1. The summed E-state index contributed by atoms with van der Waals surface area (Å²) in [5.41, 5.74) is 2.26. The van der Waals surface area contributed by atoms with Crippen LogP contribution in [-0.2, 0) is 4.79 Å². The standard InChI is InChI=1S/C11H16O/c1-8(2)5-9-6-10(12)11(3,4)7-9/h5-6H,7H2,1-4H3. The van der Waals surface area contributed by atoms with Gasteiger partial charge in [-0.2, -0.15) is 0 Å². The molecule has 0 aromatic rings. The summed E-state index contributed by atoms with van der Waals surface area (Å²) in [4.78, 5) is 11.4. The molecular weight excluding hydrogens is 148 g/mol. The van der Waals surface area contributed by atoms with E-state index in [0.29, 0.717) is 0 Å². The molecule has 0 fully saturated rings. The summed E-state index contributed by atoms with van der Waals surface area (Å²) in [6.45, 7) is 8.10.